The number of piperidine rings is 1. The first kappa shape index (κ1) is 14.0. The Labute approximate surface area is 137 Å². The third-order valence-corrected chi connectivity index (χ3v) is 6.89. The predicted molar refractivity (Wildman–Crippen MR) is 91.1 cm³/mol. The Morgan fingerprint density at radius 2 is 2.04 bits per heavy atom. The third kappa shape index (κ3) is 2.24. The molecular weight excluding hydrogens is 287 g/mol. The SMILES string of the molecule is Fc1ccc2c(c1)C1(CCN(C[C@@H]3CC4C=C[C@H]3C4)CC1)CN2. The lowest BCUT2D eigenvalue weighted by molar-refractivity contribution is 0.140. The molecule has 3 heteroatoms. The van der Waals surface area contributed by atoms with Crippen LogP contribution in [0.25, 0.3) is 0 Å². The number of hydrogen-bond donors (Lipinski definition) is 1. The van der Waals surface area contributed by atoms with Crippen LogP contribution in [-0.4, -0.2) is 31.1 Å². The minimum atomic E-state index is -0.0944. The second-order valence-electron chi connectivity index (χ2n) is 8.16. The second-order valence-corrected chi connectivity index (χ2v) is 8.16. The molecule has 0 radical (unpaired) electrons. The molecule has 1 aromatic rings. The van der Waals surface area contributed by atoms with Gasteiger partial charge in [0.05, 0.1) is 0 Å². The number of fused-ring (bicyclic) bond motifs is 4. The van der Waals surface area contributed by atoms with Gasteiger partial charge in [0.1, 0.15) is 5.82 Å². The van der Waals surface area contributed by atoms with Crippen molar-refractivity contribution in [2.45, 2.75) is 31.1 Å². The summed E-state index contributed by atoms with van der Waals surface area (Å²) in [5, 5.41) is 3.50. The summed E-state index contributed by atoms with van der Waals surface area (Å²) in [6.45, 7) is 4.58. The molecule has 5 rings (SSSR count). The molecule has 0 aromatic heterocycles. The largest absolute Gasteiger partial charge is 0.384 e. The molecule has 2 aliphatic heterocycles. The molecule has 1 spiro atoms. The van der Waals surface area contributed by atoms with Gasteiger partial charge in [-0.05, 0) is 80.3 Å². The van der Waals surface area contributed by atoms with Gasteiger partial charge < -0.3 is 10.2 Å². The van der Waals surface area contributed by atoms with Crippen molar-refractivity contribution in [1.82, 2.24) is 4.90 Å². The lowest BCUT2D eigenvalue weighted by Crippen LogP contribution is -2.45. The molecule has 0 amide bonds. The van der Waals surface area contributed by atoms with Gasteiger partial charge in [0.25, 0.3) is 0 Å². The molecule has 3 atom stereocenters. The zero-order valence-corrected chi connectivity index (χ0v) is 13.6. The van der Waals surface area contributed by atoms with E-state index in [0.717, 1.165) is 55.9 Å². The Morgan fingerprint density at radius 3 is 2.78 bits per heavy atom. The fraction of sp³-hybridized carbons (Fsp3) is 0.600. The van der Waals surface area contributed by atoms with E-state index >= 15 is 0 Å². The first-order valence-electron chi connectivity index (χ1n) is 9.16. The molecule has 1 saturated carbocycles. The lowest BCUT2D eigenvalue weighted by Gasteiger charge is -2.40. The van der Waals surface area contributed by atoms with Gasteiger partial charge in [0.2, 0.25) is 0 Å². The second kappa shape index (κ2) is 5.07. The summed E-state index contributed by atoms with van der Waals surface area (Å²) in [6, 6.07) is 5.25. The number of likely N-dealkylation sites (tertiary alicyclic amines) is 1. The molecule has 122 valence electrons. The first-order valence-corrected chi connectivity index (χ1v) is 9.16. The highest BCUT2D eigenvalue weighted by Gasteiger charge is 2.43. The lowest BCUT2D eigenvalue weighted by atomic mass is 9.74. The molecule has 1 saturated heterocycles. The molecule has 23 heavy (non-hydrogen) atoms. The van der Waals surface area contributed by atoms with Gasteiger partial charge in [-0.25, -0.2) is 4.39 Å². The number of rotatable bonds is 2. The number of anilines is 1. The Kier molecular flexibility index (Phi) is 3.09. The Bertz CT molecular complexity index is 645. The van der Waals surface area contributed by atoms with E-state index in [1.807, 2.05) is 6.07 Å². The summed E-state index contributed by atoms with van der Waals surface area (Å²) in [6.07, 6.45) is 10.0. The van der Waals surface area contributed by atoms with Crippen molar-refractivity contribution in [2.24, 2.45) is 17.8 Å². The van der Waals surface area contributed by atoms with E-state index < -0.39 is 0 Å². The van der Waals surface area contributed by atoms with Crippen molar-refractivity contribution < 1.29 is 4.39 Å². The highest BCUT2D eigenvalue weighted by molar-refractivity contribution is 5.60. The highest BCUT2D eigenvalue weighted by Crippen LogP contribution is 2.46. The van der Waals surface area contributed by atoms with Crippen molar-refractivity contribution in [2.75, 3.05) is 31.5 Å². The van der Waals surface area contributed by atoms with E-state index in [1.165, 1.54) is 24.9 Å². The van der Waals surface area contributed by atoms with Crippen LogP contribution >= 0.6 is 0 Å². The molecule has 1 aromatic carbocycles. The summed E-state index contributed by atoms with van der Waals surface area (Å²) >= 11 is 0. The van der Waals surface area contributed by atoms with E-state index in [9.17, 15) is 4.39 Å². The average Bonchev–Trinajstić information content (AvgIpc) is 3.25. The predicted octanol–water partition coefficient (Wildman–Crippen LogP) is 3.80. The minimum absolute atomic E-state index is 0.0944. The number of benzene rings is 1. The van der Waals surface area contributed by atoms with E-state index in [4.69, 9.17) is 0 Å². The van der Waals surface area contributed by atoms with Crippen LogP contribution in [0.1, 0.15) is 31.2 Å². The van der Waals surface area contributed by atoms with Gasteiger partial charge in [-0.3, -0.25) is 0 Å². The van der Waals surface area contributed by atoms with E-state index in [1.54, 1.807) is 12.1 Å². The van der Waals surface area contributed by atoms with Crippen molar-refractivity contribution in [1.29, 1.82) is 0 Å². The number of allylic oxidation sites excluding steroid dienone is 2. The summed E-state index contributed by atoms with van der Waals surface area (Å²) in [5.74, 6) is 2.50. The van der Waals surface area contributed by atoms with Crippen LogP contribution in [0.5, 0.6) is 0 Å². The smallest absolute Gasteiger partial charge is 0.123 e. The van der Waals surface area contributed by atoms with Crippen molar-refractivity contribution in [3.8, 4) is 0 Å². The fourth-order valence-corrected chi connectivity index (χ4v) is 5.51. The quantitative estimate of drug-likeness (QED) is 0.836. The first-order chi connectivity index (χ1) is 11.2. The number of nitrogens with one attached hydrogen (secondary N) is 1. The van der Waals surface area contributed by atoms with Gasteiger partial charge in [-0.1, -0.05) is 12.2 Å². The van der Waals surface area contributed by atoms with Crippen LogP contribution in [0.2, 0.25) is 0 Å². The van der Waals surface area contributed by atoms with Crippen LogP contribution in [0.15, 0.2) is 30.4 Å². The summed E-state index contributed by atoms with van der Waals surface area (Å²) in [5.41, 5.74) is 2.54. The van der Waals surface area contributed by atoms with Crippen LogP contribution in [0, 0.1) is 23.6 Å². The highest BCUT2D eigenvalue weighted by atomic mass is 19.1. The Balaban J connectivity index is 1.27. The van der Waals surface area contributed by atoms with Crippen LogP contribution in [0.4, 0.5) is 10.1 Å². The maximum atomic E-state index is 13.7. The summed E-state index contributed by atoms with van der Waals surface area (Å²) in [4.78, 5) is 2.67. The van der Waals surface area contributed by atoms with E-state index in [-0.39, 0.29) is 11.2 Å². The molecule has 2 fully saturated rings. The zero-order chi connectivity index (χ0) is 15.4. The maximum Gasteiger partial charge on any atom is 0.123 e. The van der Waals surface area contributed by atoms with Crippen LogP contribution < -0.4 is 5.32 Å². The van der Waals surface area contributed by atoms with Crippen molar-refractivity contribution >= 4 is 5.69 Å². The monoisotopic (exact) mass is 312 g/mol. The van der Waals surface area contributed by atoms with Gasteiger partial charge in [0, 0.05) is 24.2 Å². The van der Waals surface area contributed by atoms with Crippen molar-refractivity contribution in [3.63, 3.8) is 0 Å². The van der Waals surface area contributed by atoms with Gasteiger partial charge in [0.15, 0.2) is 0 Å². The molecule has 2 heterocycles. The number of nitrogens with zero attached hydrogens (tertiary/aromatic N) is 1. The average molecular weight is 312 g/mol. The maximum absolute atomic E-state index is 13.7. The van der Waals surface area contributed by atoms with Gasteiger partial charge in [-0.2, -0.15) is 0 Å². The topological polar surface area (TPSA) is 15.3 Å². The number of hydrogen-bond acceptors (Lipinski definition) is 2. The summed E-state index contributed by atoms with van der Waals surface area (Å²) < 4.78 is 13.7. The van der Waals surface area contributed by atoms with Gasteiger partial charge >= 0.3 is 0 Å². The van der Waals surface area contributed by atoms with Gasteiger partial charge in [-0.15, -0.1) is 0 Å². The minimum Gasteiger partial charge on any atom is -0.384 e. The van der Waals surface area contributed by atoms with E-state index in [2.05, 4.69) is 22.4 Å². The molecule has 1 N–H and O–H groups in total. The number of halogens is 1. The van der Waals surface area contributed by atoms with E-state index in [0.29, 0.717) is 0 Å². The molecular formula is C20H25FN2. The molecule has 2 nitrogen and oxygen atoms in total. The molecule has 2 aliphatic carbocycles. The fourth-order valence-electron chi connectivity index (χ4n) is 5.51. The van der Waals surface area contributed by atoms with Crippen LogP contribution in [0.3, 0.4) is 0 Å². The molecule has 4 aliphatic rings. The third-order valence-electron chi connectivity index (χ3n) is 6.89. The molecule has 2 bridgehead atoms. The molecule has 1 unspecified atom stereocenters. The zero-order valence-electron chi connectivity index (χ0n) is 13.6. The Hall–Kier alpha value is -1.35. The standard InChI is InChI=1S/C20H25FN2/c21-17-3-4-19-18(11-17)20(13-22-19)5-7-23(8-6-20)12-16-10-14-1-2-15(16)9-14/h1-4,11,14-16,22H,5-10,12-13H2/t14?,15-,16-/m0/s1. The summed E-state index contributed by atoms with van der Waals surface area (Å²) in [7, 11) is 0. The Morgan fingerprint density at radius 1 is 1.17 bits per heavy atom. The van der Waals surface area contributed by atoms with Crippen LogP contribution in [-0.2, 0) is 5.41 Å². The van der Waals surface area contributed by atoms with Crippen molar-refractivity contribution in [3.05, 3.63) is 41.7 Å². The normalized spacial score (nSPS) is 34.0.